The first-order chi connectivity index (χ1) is 9.33. The molecule has 4 heteroatoms. The Morgan fingerprint density at radius 1 is 1.16 bits per heavy atom. The van der Waals surface area contributed by atoms with Crippen LogP contribution in [0.15, 0.2) is 42.7 Å². The summed E-state index contributed by atoms with van der Waals surface area (Å²) in [5.41, 5.74) is 1.83. The fourth-order valence-electron chi connectivity index (χ4n) is 2.13. The van der Waals surface area contributed by atoms with E-state index >= 15 is 0 Å². The van der Waals surface area contributed by atoms with Crippen molar-refractivity contribution in [2.45, 2.75) is 12.5 Å². The van der Waals surface area contributed by atoms with Crippen LogP contribution in [0, 0.1) is 0 Å². The summed E-state index contributed by atoms with van der Waals surface area (Å²) in [5.74, 6) is 1.44. The number of hydrogen-bond donors (Lipinski definition) is 1. The van der Waals surface area contributed by atoms with Crippen molar-refractivity contribution in [3.05, 3.63) is 53.9 Å². The van der Waals surface area contributed by atoms with Gasteiger partial charge in [-0.25, -0.2) is 0 Å². The number of benzene rings is 1. The number of aliphatic hydroxyl groups excluding tert-OH is 1. The fourth-order valence-corrected chi connectivity index (χ4v) is 2.13. The van der Waals surface area contributed by atoms with Crippen LogP contribution in [0.4, 0.5) is 0 Å². The Bertz CT molecular complexity index is 557. The van der Waals surface area contributed by atoms with Crippen molar-refractivity contribution in [2.75, 3.05) is 13.2 Å². The number of rotatable bonds is 3. The molecule has 2 heterocycles. The number of pyridine rings is 1. The van der Waals surface area contributed by atoms with Gasteiger partial charge < -0.3 is 14.6 Å². The molecule has 0 amide bonds. The molecule has 0 radical (unpaired) electrons. The molecule has 1 atom stereocenters. The third-order valence-electron chi connectivity index (χ3n) is 3.10. The smallest absolute Gasteiger partial charge is 0.161 e. The van der Waals surface area contributed by atoms with E-state index in [1.807, 2.05) is 30.3 Å². The zero-order valence-corrected chi connectivity index (χ0v) is 10.5. The van der Waals surface area contributed by atoms with E-state index in [0.717, 1.165) is 16.9 Å². The lowest BCUT2D eigenvalue weighted by Gasteiger charge is -2.20. The maximum Gasteiger partial charge on any atom is 0.161 e. The van der Waals surface area contributed by atoms with Crippen molar-refractivity contribution in [1.82, 2.24) is 4.98 Å². The lowest BCUT2D eigenvalue weighted by molar-refractivity contribution is 0.164. The highest BCUT2D eigenvalue weighted by Crippen LogP contribution is 2.33. The molecule has 1 aliphatic rings. The number of aromatic nitrogens is 1. The lowest BCUT2D eigenvalue weighted by Crippen LogP contribution is -2.15. The van der Waals surface area contributed by atoms with E-state index in [-0.39, 0.29) is 0 Å². The summed E-state index contributed by atoms with van der Waals surface area (Å²) in [6.07, 6.45) is 3.45. The topological polar surface area (TPSA) is 51.6 Å². The summed E-state index contributed by atoms with van der Waals surface area (Å²) in [6, 6.07) is 9.38. The monoisotopic (exact) mass is 257 g/mol. The van der Waals surface area contributed by atoms with E-state index in [0.29, 0.717) is 25.4 Å². The molecule has 1 aromatic heterocycles. The Kier molecular flexibility index (Phi) is 3.33. The van der Waals surface area contributed by atoms with Crippen molar-refractivity contribution in [1.29, 1.82) is 0 Å². The van der Waals surface area contributed by atoms with Crippen LogP contribution in [0.5, 0.6) is 11.5 Å². The quantitative estimate of drug-likeness (QED) is 0.915. The zero-order valence-electron chi connectivity index (χ0n) is 10.5. The van der Waals surface area contributed by atoms with Gasteiger partial charge in [0, 0.05) is 18.8 Å². The molecule has 19 heavy (non-hydrogen) atoms. The van der Waals surface area contributed by atoms with Crippen molar-refractivity contribution >= 4 is 0 Å². The summed E-state index contributed by atoms with van der Waals surface area (Å²) in [4.78, 5) is 4.05. The van der Waals surface area contributed by atoms with Gasteiger partial charge in [-0.1, -0.05) is 12.1 Å². The Morgan fingerprint density at radius 3 is 2.79 bits per heavy atom. The number of aliphatic hydroxyl groups is 1. The second-order valence-corrected chi connectivity index (χ2v) is 4.48. The molecular weight excluding hydrogens is 242 g/mol. The van der Waals surface area contributed by atoms with Gasteiger partial charge in [0.05, 0.1) is 6.10 Å². The van der Waals surface area contributed by atoms with Crippen LogP contribution in [0.1, 0.15) is 17.2 Å². The molecule has 0 fully saturated rings. The van der Waals surface area contributed by atoms with E-state index < -0.39 is 6.10 Å². The van der Waals surface area contributed by atoms with Gasteiger partial charge in [0.15, 0.2) is 11.5 Å². The van der Waals surface area contributed by atoms with E-state index in [2.05, 4.69) is 4.98 Å². The Labute approximate surface area is 111 Å². The molecule has 1 aliphatic heterocycles. The molecule has 3 rings (SSSR count). The predicted molar refractivity (Wildman–Crippen MR) is 70.3 cm³/mol. The number of ether oxygens (including phenoxy) is 2. The highest BCUT2D eigenvalue weighted by Gasteiger charge is 2.15. The largest absolute Gasteiger partial charge is 0.486 e. The first-order valence-corrected chi connectivity index (χ1v) is 6.29. The molecule has 0 bridgehead atoms. The standard InChI is InChI=1S/C15H15NO3/c17-13(8-11-2-1-5-16-10-11)12-3-4-14-15(9-12)19-7-6-18-14/h1-5,9-10,13,17H,6-8H2. The van der Waals surface area contributed by atoms with E-state index in [9.17, 15) is 5.11 Å². The van der Waals surface area contributed by atoms with Gasteiger partial charge in [-0.05, 0) is 29.3 Å². The highest BCUT2D eigenvalue weighted by molar-refractivity contribution is 5.44. The van der Waals surface area contributed by atoms with Gasteiger partial charge in [-0.15, -0.1) is 0 Å². The van der Waals surface area contributed by atoms with Crippen LogP contribution >= 0.6 is 0 Å². The molecule has 98 valence electrons. The SMILES string of the molecule is OC(Cc1cccnc1)c1ccc2c(c1)OCCO2. The number of hydrogen-bond acceptors (Lipinski definition) is 4. The summed E-state index contributed by atoms with van der Waals surface area (Å²) in [5, 5.41) is 10.3. The minimum atomic E-state index is -0.569. The lowest BCUT2D eigenvalue weighted by atomic mass is 10.0. The molecule has 4 nitrogen and oxygen atoms in total. The van der Waals surface area contributed by atoms with Crippen LogP contribution in [-0.4, -0.2) is 23.3 Å². The predicted octanol–water partition coefficient (Wildman–Crippen LogP) is 2.13. The van der Waals surface area contributed by atoms with Crippen LogP contribution in [0.25, 0.3) is 0 Å². The van der Waals surface area contributed by atoms with E-state index in [1.165, 1.54) is 0 Å². The molecular formula is C15H15NO3. The minimum Gasteiger partial charge on any atom is -0.486 e. The molecule has 0 aliphatic carbocycles. The second-order valence-electron chi connectivity index (χ2n) is 4.48. The first kappa shape index (κ1) is 12.0. The highest BCUT2D eigenvalue weighted by atomic mass is 16.6. The van der Waals surface area contributed by atoms with Crippen molar-refractivity contribution in [3.8, 4) is 11.5 Å². The third-order valence-corrected chi connectivity index (χ3v) is 3.10. The summed E-state index contributed by atoms with van der Waals surface area (Å²) < 4.78 is 11.0. The zero-order chi connectivity index (χ0) is 13.1. The second kappa shape index (κ2) is 5.28. The number of nitrogens with zero attached hydrogens (tertiary/aromatic N) is 1. The maximum absolute atomic E-state index is 10.3. The van der Waals surface area contributed by atoms with Crippen molar-refractivity contribution < 1.29 is 14.6 Å². The first-order valence-electron chi connectivity index (χ1n) is 6.29. The van der Waals surface area contributed by atoms with E-state index in [4.69, 9.17) is 9.47 Å². The van der Waals surface area contributed by atoms with Gasteiger partial charge in [0.25, 0.3) is 0 Å². The minimum absolute atomic E-state index is 0.535. The van der Waals surface area contributed by atoms with Gasteiger partial charge in [0.2, 0.25) is 0 Å². The maximum atomic E-state index is 10.3. The molecule has 0 saturated carbocycles. The van der Waals surface area contributed by atoms with Crippen molar-refractivity contribution in [2.24, 2.45) is 0 Å². The van der Waals surface area contributed by atoms with Gasteiger partial charge in [-0.2, -0.15) is 0 Å². The van der Waals surface area contributed by atoms with Crippen LogP contribution in [-0.2, 0) is 6.42 Å². The van der Waals surface area contributed by atoms with Crippen LogP contribution in [0.3, 0.4) is 0 Å². The number of fused-ring (bicyclic) bond motifs is 1. The Hall–Kier alpha value is -2.07. The van der Waals surface area contributed by atoms with Crippen LogP contribution in [0.2, 0.25) is 0 Å². The molecule has 0 saturated heterocycles. The molecule has 1 aromatic carbocycles. The van der Waals surface area contributed by atoms with Crippen LogP contribution < -0.4 is 9.47 Å². The summed E-state index contributed by atoms with van der Waals surface area (Å²) >= 11 is 0. The molecule has 0 spiro atoms. The third kappa shape index (κ3) is 2.69. The average molecular weight is 257 g/mol. The Morgan fingerprint density at radius 2 is 2.00 bits per heavy atom. The fraction of sp³-hybridized carbons (Fsp3) is 0.267. The normalized spacial score (nSPS) is 15.0. The van der Waals surface area contributed by atoms with Gasteiger partial charge >= 0.3 is 0 Å². The van der Waals surface area contributed by atoms with Gasteiger partial charge in [0.1, 0.15) is 13.2 Å². The molecule has 1 N–H and O–H groups in total. The summed E-state index contributed by atoms with van der Waals surface area (Å²) in [6.45, 7) is 1.12. The average Bonchev–Trinajstić information content (AvgIpc) is 2.48. The van der Waals surface area contributed by atoms with Gasteiger partial charge in [-0.3, -0.25) is 4.98 Å². The molecule has 2 aromatic rings. The summed E-state index contributed by atoms with van der Waals surface area (Å²) in [7, 11) is 0. The van der Waals surface area contributed by atoms with Crippen molar-refractivity contribution in [3.63, 3.8) is 0 Å². The Balaban J connectivity index is 1.78. The molecule has 1 unspecified atom stereocenters. The van der Waals surface area contributed by atoms with E-state index in [1.54, 1.807) is 12.4 Å².